The lowest BCUT2D eigenvalue weighted by Crippen LogP contribution is -2.58. The fourth-order valence-electron chi connectivity index (χ4n) is 2.98. The summed E-state index contributed by atoms with van der Waals surface area (Å²) in [7, 11) is 1.50. The molecule has 2 N–H and O–H groups in total. The Morgan fingerprint density at radius 1 is 1.47 bits per heavy atom. The second-order valence-corrected chi connectivity index (χ2v) is 6.19. The standard InChI is InChI=1S/C15H29NO3/c1-7-9(2)11(4)13-12(5)10(3)8-15(18-6,19-13)14(16)17/h9-13H,7-8H2,1-6H3,(H2,16,17)/t9-,10?,11-,12?,13?,15?/m1/s1. The molecule has 4 heteroatoms. The molecule has 4 nitrogen and oxygen atoms in total. The van der Waals surface area contributed by atoms with E-state index in [4.69, 9.17) is 15.2 Å². The molecule has 4 unspecified atom stereocenters. The molecule has 0 saturated carbocycles. The summed E-state index contributed by atoms with van der Waals surface area (Å²) in [6.07, 6.45) is 1.63. The minimum absolute atomic E-state index is 0.00569. The third kappa shape index (κ3) is 3.11. The van der Waals surface area contributed by atoms with Crippen LogP contribution in [0.3, 0.4) is 0 Å². The Kier molecular flexibility index (Phi) is 5.39. The molecule has 1 amide bonds. The zero-order valence-corrected chi connectivity index (χ0v) is 13.1. The monoisotopic (exact) mass is 271 g/mol. The fourth-order valence-corrected chi connectivity index (χ4v) is 2.98. The fraction of sp³-hybridized carbons (Fsp3) is 0.933. The molecule has 0 spiro atoms. The van der Waals surface area contributed by atoms with Crippen LogP contribution in [0.4, 0.5) is 0 Å². The first-order valence-electron chi connectivity index (χ1n) is 7.31. The summed E-state index contributed by atoms with van der Waals surface area (Å²) in [6.45, 7) is 10.9. The molecule has 112 valence electrons. The summed E-state index contributed by atoms with van der Waals surface area (Å²) >= 11 is 0. The maximum absolute atomic E-state index is 11.7. The summed E-state index contributed by atoms with van der Waals surface area (Å²) in [5, 5.41) is 0. The van der Waals surface area contributed by atoms with Gasteiger partial charge in [0.15, 0.2) is 0 Å². The van der Waals surface area contributed by atoms with E-state index in [1.807, 2.05) is 0 Å². The molecular formula is C15H29NO3. The minimum atomic E-state index is -1.25. The van der Waals surface area contributed by atoms with Gasteiger partial charge in [-0.25, -0.2) is 0 Å². The molecule has 1 rings (SSSR count). The van der Waals surface area contributed by atoms with Gasteiger partial charge in [0.2, 0.25) is 5.79 Å². The smallest absolute Gasteiger partial charge is 0.277 e. The highest BCUT2D eigenvalue weighted by Crippen LogP contribution is 2.41. The van der Waals surface area contributed by atoms with Gasteiger partial charge in [0, 0.05) is 13.5 Å². The van der Waals surface area contributed by atoms with Crippen molar-refractivity contribution in [3.63, 3.8) is 0 Å². The van der Waals surface area contributed by atoms with Crippen molar-refractivity contribution in [2.45, 2.75) is 59.4 Å². The lowest BCUT2D eigenvalue weighted by Gasteiger charge is -2.47. The number of methoxy groups -OCH3 is 1. The van der Waals surface area contributed by atoms with Crippen LogP contribution in [-0.2, 0) is 14.3 Å². The summed E-state index contributed by atoms with van der Waals surface area (Å²) in [5.74, 6) is -0.116. The lowest BCUT2D eigenvalue weighted by atomic mass is 9.74. The minimum Gasteiger partial charge on any atom is -0.365 e. The third-order valence-electron chi connectivity index (χ3n) is 5.10. The molecule has 1 fully saturated rings. The Bertz CT molecular complexity index is 321. The van der Waals surface area contributed by atoms with Crippen LogP contribution in [0.25, 0.3) is 0 Å². The first-order chi connectivity index (χ1) is 8.79. The van der Waals surface area contributed by atoms with Crippen LogP contribution in [-0.4, -0.2) is 24.9 Å². The predicted octanol–water partition coefficient (Wildman–Crippen LogP) is 2.56. The molecule has 0 aromatic carbocycles. The summed E-state index contributed by atoms with van der Waals surface area (Å²) in [5.41, 5.74) is 5.50. The van der Waals surface area contributed by atoms with E-state index in [1.54, 1.807) is 0 Å². The Morgan fingerprint density at radius 3 is 2.47 bits per heavy atom. The zero-order chi connectivity index (χ0) is 14.8. The molecular weight excluding hydrogens is 242 g/mol. The molecule has 0 radical (unpaired) electrons. The molecule has 0 aromatic heterocycles. The zero-order valence-electron chi connectivity index (χ0n) is 13.1. The number of rotatable bonds is 5. The normalized spacial score (nSPS) is 38.7. The van der Waals surface area contributed by atoms with Crippen LogP contribution >= 0.6 is 0 Å². The molecule has 0 aliphatic carbocycles. The topological polar surface area (TPSA) is 61.6 Å². The van der Waals surface area contributed by atoms with Crippen LogP contribution in [0.15, 0.2) is 0 Å². The molecule has 0 aromatic rings. The third-order valence-corrected chi connectivity index (χ3v) is 5.10. The van der Waals surface area contributed by atoms with E-state index in [-0.39, 0.29) is 6.10 Å². The van der Waals surface area contributed by atoms with E-state index in [0.717, 1.165) is 6.42 Å². The first-order valence-corrected chi connectivity index (χ1v) is 7.31. The van der Waals surface area contributed by atoms with Crippen molar-refractivity contribution in [3.05, 3.63) is 0 Å². The van der Waals surface area contributed by atoms with Crippen molar-refractivity contribution in [3.8, 4) is 0 Å². The predicted molar refractivity (Wildman–Crippen MR) is 75.4 cm³/mol. The van der Waals surface area contributed by atoms with Crippen molar-refractivity contribution in [2.75, 3.05) is 7.11 Å². The van der Waals surface area contributed by atoms with Gasteiger partial charge in [0.1, 0.15) is 0 Å². The average Bonchev–Trinajstić information content (AvgIpc) is 2.39. The number of amides is 1. The van der Waals surface area contributed by atoms with Crippen LogP contribution in [0, 0.1) is 23.7 Å². The van der Waals surface area contributed by atoms with Crippen molar-refractivity contribution in [1.29, 1.82) is 0 Å². The number of hydrogen-bond donors (Lipinski definition) is 1. The number of primary amides is 1. The SMILES string of the molecule is CC[C@@H](C)[C@@H](C)C1OC(OC)(C(N)=O)CC(C)C1C. The molecule has 1 aliphatic rings. The van der Waals surface area contributed by atoms with E-state index >= 15 is 0 Å². The van der Waals surface area contributed by atoms with Gasteiger partial charge < -0.3 is 15.2 Å². The van der Waals surface area contributed by atoms with Gasteiger partial charge in [-0.3, -0.25) is 4.79 Å². The van der Waals surface area contributed by atoms with Gasteiger partial charge in [0.25, 0.3) is 5.91 Å². The highest BCUT2D eigenvalue weighted by Gasteiger charge is 2.50. The summed E-state index contributed by atoms with van der Waals surface area (Å²) in [6, 6.07) is 0. The highest BCUT2D eigenvalue weighted by molar-refractivity contribution is 5.82. The van der Waals surface area contributed by atoms with Crippen molar-refractivity contribution < 1.29 is 14.3 Å². The van der Waals surface area contributed by atoms with Crippen LogP contribution in [0.1, 0.15) is 47.5 Å². The Hall–Kier alpha value is -0.610. The van der Waals surface area contributed by atoms with E-state index < -0.39 is 11.7 Å². The van der Waals surface area contributed by atoms with Crippen molar-refractivity contribution >= 4 is 5.91 Å². The van der Waals surface area contributed by atoms with E-state index in [2.05, 4.69) is 34.6 Å². The van der Waals surface area contributed by atoms with E-state index in [9.17, 15) is 4.79 Å². The van der Waals surface area contributed by atoms with Gasteiger partial charge in [-0.1, -0.05) is 41.0 Å². The second-order valence-electron chi connectivity index (χ2n) is 6.19. The van der Waals surface area contributed by atoms with Crippen LogP contribution in [0.5, 0.6) is 0 Å². The number of carbonyl (C=O) groups is 1. The molecule has 1 aliphatic heterocycles. The Labute approximate surface area is 117 Å². The quantitative estimate of drug-likeness (QED) is 0.836. The maximum atomic E-state index is 11.7. The van der Waals surface area contributed by atoms with Crippen molar-refractivity contribution in [1.82, 2.24) is 0 Å². The number of carbonyl (C=O) groups excluding carboxylic acids is 1. The first kappa shape index (κ1) is 16.4. The van der Waals surface area contributed by atoms with E-state index in [0.29, 0.717) is 30.1 Å². The van der Waals surface area contributed by atoms with E-state index in [1.165, 1.54) is 7.11 Å². The molecule has 6 atom stereocenters. The lowest BCUT2D eigenvalue weighted by molar-refractivity contribution is -0.284. The van der Waals surface area contributed by atoms with Gasteiger partial charge >= 0.3 is 0 Å². The highest BCUT2D eigenvalue weighted by atomic mass is 16.7. The Morgan fingerprint density at radius 2 is 2.05 bits per heavy atom. The van der Waals surface area contributed by atoms with Gasteiger partial charge in [-0.15, -0.1) is 0 Å². The van der Waals surface area contributed by atoms with Crippen molar-refractivity contribution in [2.24, 2.45) is 29.4 Å². The summed E-state index contributed by atoms with van der Waals surface area (Å²) in [4.78, 5) is 11.7. The maximum Gasteiger partial charge on any atom is 0.277 e. The number of hydrogen-bond acceptors (Lipinski definition) is 3. The van der Waals surface area contributed by atoms with Crippen LogP contribution in [0.2, 0.25) is 0 Å². The van der Waals surface area contributed by atoms with Gasteiger partial charge in [0.05, 0.1) is 6.10 Å². The van der Waals surface area contributed by atoms with Crippen LogP contribution < -0.4 is 5.73 Å². The van der Waals surface area contributed by atoms with Gasteiger partial charge in [-0.05, 0) is 23.7 Å². The second kappa shape index (κ2) is 6.23. The molecule has 1 heterocycles. The summed E-state index contributed by atoms with van der Waals surface area (Å²) < 4.78 is 11.4. The largest absolute Gasteiger partial charge is 0.365 e. The molecule has 0 bridgehead atoms. The van der Waals surface area contributed by atoms with Gasteiger partial charge in [-0.2, -0.15) is 0 Å². The average molecular weight is 271 g/mol. The molecule has 1 saturated heterocycles. The molecule has 19 heavy (non-hydrogen) atoms. The number of ether oxygens (including phenoxy) is 2. The number of nitrogens with two attached hydrogens (primary N) is 1. The Balaban J connectivity index is 2.99.